The predicted molar refractivity (Wildman–Crippen MR) is 52.3 cm³/mol. The number of rotatable bonds is 2. The second-order valence-electron chi connectivity index (χ2n) is 3.01. The maximum absolute atomic E-state index is 12.2. The first-order valence-corrected chi connectivity index (χ1v) is 6.93. The average Bonchev–Trinajstić information content (AvgIpc) is 2.13. The van der Waals surface area contributed by atoms with Crippen LogP contribution in [0.15, 0.2) is 29.2 Å². The minimum atomic E-state index is -5.03. The monoisotopic (exact) mass is 310 g/mol. The van der Waals surface area contributed by atoms with Crippen molar-refractivity contribution in [3.63, 3.8) is 0 Å². The third kappa shape index (κ3) is 4.09. The van der Waals surface area contributed by atoms with Gasteiger partial charge in [0, 0.05) is 0 Å². The molecular weight excluding hydrogens is 306 g/mol. The molecule has 0 aliphatic carbocycles. The molecule has 18 heavy (non-hydrogen) atoms. The van der Waals surface area contributed by atoms with Gasteiger partial charge in [-0.1, -0.05) is 0 Å². The second-order valence-corrected chi connectivity index (χ2v) is 6.83. The number of hydrogen-bond acceptors (Lipinski definition) is 3. The van der Waals surface area contributed by atoms with E-state index in [1.807, 2.05) is 0 Å². The van der Waals surface area contributed by atoms with Gasteiger partial charge in [0.05, 0.1) is 21.3 Å². The molecule has 10 heteroatoms. The third-order valence-corrected chi connectivity index (χ3v) is 4.73. The van der Waals surface area contributed by atoms with Crippen LogP contribution in [0.5, 0.6) is 0 Å². The molecule has 0 radical (unpaired) electrons. The van der Waals surface area contributed by atoms with Crippen LogP contribution >= 0.6 is 10.8 Å². The van der Waals surface area contributed by atoms with Crippen LogP contribution in [0, 0.1) is 0 Å². The molecule has 0 amide bonds. The van der Waals surface area contributed by atoms with Gasteiger partial charge in [0.25, 0.3) is 0 Å². The molecule has 0 spiro atoms. The zero-order valence-electron chi connectivity index (χ0n) is 8.21. The van der Waals surface area contributed by atoms with E-state index in [2.05, 4.69) is 0 Å². The number of hydrogen-bond donors (Lipinski definition) is 0. The van der Waals surface area contributed by atoms with Crippen LogP contribution < -0.4 is 0 Å². The quantitative estimate of drug-likeness (QED) is 0.618. The fraction of sp³-hybridized carbons (Fsp3) is 0.250. The van der Waals surface area contributed by atoms with Crippen molar-refractivity contribution in [1.82, 2.24) is 0 Å². The van der Waals surface area contributed by atoms with E-state index in [1.54, 1.807) is 0 Å². The van der Waals surface area contributed by atoms with Crippen LogP contribution in [0.4, 0.5) is 26.3 Å². The van der Waals surface area contributed by atoms with E-state index in [4.69, 9.17) is 0 Å². The molecule has 1 rings (SSSR count). The highest BCUT2D eigenvalue weighted by atomic mass is 33.1. The van der Waals surface area contributed by atoms with Crippen molar-refractivity contribution >= 4 is 19.7 Å². The minimum Gasteiger partial charge on any atom is -0.212 e. The highest BCUT2D eigenvalue weighted by molar-refractivity contribution is 8.72. The van der Waals surface area contributed by atoms with Gasteiger partial charge in [-0.25, -0.2) is 8.42 Å². The van der Waals surface area contributed by atoms with E-state index in [0.29, 0.717) is 24.3 Å². The predicted octanol–water partition coefficient (Wildman–Crippen LogP) is 3.65. The lowest BCUT2D eigenvalue weighted by atomic mass is 10.2. The molecule has 0 saturated heterocycles. The van der Waals surface area contributed by atoms with E-state index in [-0.39, 0.29) is 0 Å². The molecular formula is C8H4F6O2S2. The molecule has 0 aromatic heterocycles. The van der Waals surface area contributed by atoms with Gasteiger partial charge >= 0.3 is 11.7 Å². The number of benzene rings is 1. The number of alkyl halides is 6. The van der Waals surface area contributed by atoms with Gasteiger partial charge in [-0.2, -0.15) is 26.3 Å². The standard InChI is InChI=1S/C8H4F6O2S2/c9-7(10,11)5-1-3-6(4-2-5)18(15,16)17-8(12,13)14/h1-4H. The molecule has 102 valence electrons. The third-order valence-electron chi connectivity index (χ3n) is 1.67. The molecule has 0 heterocycles. The second kappa shape index (κ2) is 4.65. The van der Waals surface area contributed by atoms with Gasteiger partial charge in [0.1, 0.15) is 0 Å². The molecule has 0 N–H and O–H groups in total. The van der Waals surface area contributed by atoms with Crippen LogP contribution in [0.3, 0.4) is 0 Å². The summed E-state index contributed by atoms with van der Waals surface area (Å²) in [4.78, 5) is -0.835. The summed E-state index contributed by atoms with van der Waals surface area (Å²) in [5.74, 6) is 0. The fourth-order valence-corrected chi connectivity index (χ4v) is 3.17. The summed E-state index contributed by atoms with van der Waals surface area (Å²) in [6.45, 7) is 0. The Labute approximate surface area is 101 Å². The Morgan fingerprint density at radius 1 is 0.889 bits per heavy atom. The number of halogens is 6. The maximum atomic E-state index is 12.2. The zero-order chi connectivity index (χ0) is 14.2. The summed E-state index contributed by atoms with van der Waals surface area (Å²) in [7, 11) is -6.04. The molecule has 0 saturated carbocycles. The van der Waals surface area contributed by atoms with Gasteiger partial charge in [-0.15, -0.1) is 0 Å². The first-order valence-electron chi connectivity index (χ1n) is 4.11. The fourth-order valence-electron chi connectivity index (χ4n) is 0.983. The van der Waals surface area contributed by atoms with Crippen molar-refractivity contribution in [1.29, 1.82) is 0 Å². The summed E-state index contributed by atoms with van der Waals surface area (Å²) in [6.07, 6.45) is -4.68. The van der Waals surface area contributed by atoms with Crippen LogP contribution in [0.2, 0.25) is 0 Å². The van der Waals surface area contributed by atoms with E-state index < -0.39 is 41.8 Å². The van der Waals surface area contributed by atoms with Crippen LogP contribution in [-0.2, 0) is 15.0 Å². The summed E-state index contributed by atoms with van der Waals surface area (Å²) in [6, 6.07) is 1.78. The molecule has 2 nitrogen and oxygen atoms in total. The molecule has 0 aliphatic heterocycles. The van der Waals surface area contributed by atoms with Gasteiger partial charge in [0.2, 0.25) is 8.87 Å². The van der Waals surface area contributed by atoms with Crippen molar-refractivity contribution in [2.45, 2.75) is 16.6 Å². The summed E-state index contributed by atoms with van der Waals surface area (Å²) in [5, 5.41) is 0. The first kappa shape index (κ1) is 15.2. The van der Waals surface area contributed by atoms with Gasteiger partial charge in [-0.3, -0.25) is 0 Å². The van der Waals surface area contributed by atoms with Crippen molar-refractivity contribution in [3.8, 4) is 0 Å². The summed E-state index contributed by atoms with van der Waals surface area (Å²) < 4.78 is 94.5. The largest absolute Gasteiger partial charge is 0.456 e. The summed E-state index contributed by atoms with van der Waals surface area (Å²) >= 11 is 0. The molecule has 0 aliphatic rings. The lowest BCUT2D eigenvalue weighted by Gasteiger charge is -2.09. The molecule has 0 atom stereocenters. The molecule has 1 aromatic rings. The van der Waals surface area contributed by atoms with Gasteiger partial charge in [0.15, 0.2) is 0 Å². The highest BCUT2D eigenvalue weighted by Crippen LogP contribution is 2.39. The van der Waals surface area contributed by atoms with E-state index >= 15 is 0 Å². The Kier molecular flexibility index (Phi) is 3.92. The SMILES string of the molecule is O=S(=O)(SC(F)(F)F)c1ccc(C(F)(F)F)cc1. The van der Waals surface area contributed by atoms with Gasteiger partial charge < -0.3 is 0 Å². The average molecular weight is 310 g/mol. The Balaban J connectivity index is 3.06. The summed E-state index contributed by atoms with van der Waals surface area (Å²) in [5.41, 5.74) is -6.17. The minimum absolute atomic E-state index is 0.407. The lowest BCUT2D eigenvalue weighted by Crippen LogP contribution is -2.09. The van der Waals surface area contributed by atoms with Crippen molar-refractivity contribution in [2.24, 2.45) is 0 Å². The normalized spacial score (nSPS) is 13.7. The zero-order valence-corrected chi connectivity index (χ0v) is 9.84. The van der Waals surface area contributed by atoms with Crippen LogP contribution in [-0.4, -0.2) is 13.9 Å². The Bertz CT molecular complexity index is 514. The molecule has 0 fully saturated rings. The highest BCUT2D eigenvalue weighted by Gasteiger charge is 2.38. The maximum Gasteiger partial charge on any atom is 0.456 e. The van der Waals surface area contributed by atoms with Crippen LogP contribution in [0.25, 0.3) is 0 Å². The molecule has 0 bridgehead atoms. The van der Waals surface area contributed by atoms with Crippen molar-refractivity contribution < 1.29 is 34.8 Å². The van der Waals surface area contributed by atoms with Gasteiger partial charge in [-0.05, 0) is 24.3 Å². The van der Waals surface area contributed by atoms with E-state index in [1.165, 1.54) is 0 Å². The Hall–Kier alpha value is -0.900. The van der Waals surface area contributed by atoms with Crippen molar-refractivity contribution in [2.75, 3.05) is 0 Å². The van der Waals surface area contributed by atoms with E-state index in [9.17, 15) is 34.8 Å². The Morgan fingerprint density at radius 3 is 1.67 bits per heavy atom. The molecule has 1 aromatic carbocycles. The Morgan fingerprint density at radius 2 is 1.33 bits per heavy atom. The lowest BCUT2D eigenvalue weighted by molar-refractivity contribution is -0.137. The first-order chi connectivity index (χ1) is 7.92. The smallest absolute Gasteiger partial charge is 0.212 e. The molecule has 0 unspecified atom stereocenters. The topological polar surface area (TPSA) is 34.1 Å². The van der Waals surface area contributed by atoms with Crippen molar-refractivity contribution in [3.05, 3.63) is 29.8 Å². The van der Waals surface area contributed by atoms with E-state index in [0.717, 1.165) is 0 Å². The van der Waals surface area contributed by atoms with Crippen LogP contribution in [0.1, 0.15) is 5.56 Å².